The summed E-state index contributed by atoms with van der Waals surface area (Å²) in [4.78, 5) is 1.33. The van der Waals surface area contributed by atoms with Crippen molar-refractivity contribution in [2.45, 2.75) is 62.8 Å². The fraction of sp³-hybridized carbons (Fsp3) is 0.625. The largest absolute Gasteiger partial charge is 0.271 e. The summed E-state index contributed by atoms with van der Waals surface area (Å²) in [6.07, 6.45) is 11.2. The first-order valence-electron chi connectivity index (χ1n) is 7.42. The molecule has 1 unspecified atom stereocenters. The molecule has 0 aliphatic heterocycles. The van der Waals surface area contributed by atoms with Crippen molar-refractivity contribution in [3.8, 4) is 0 Å². The lowest BCUT2D eigenvalue weighted by atomic mass is 10.00. The lowest BCUT2D eigenvalue weighted by molar-refractivity contribution is 0.472. The van der Waals surface area contributed by atoms with Crippen molar-refractivity contribution in [3.05, 3.63) is 29.8 Å². The van der Waals surface area contributed by atoms with Gasteiger partial charge in [-0.05, 0) is 24.3 Å². The molecule has 0 saturated carbocycles. The highest BCUT2D eigenvalue weighted by Gasteiger charge is 2.12. The molecule has 1 aromatic rings. The quantitative estimate of drug-likeness (QED) is 0.283. The lowest BCUT2D eigenvalue weighted by Crippen LogP contribution is -2.28. The summed E-state index contributed by atoms with van der Waals surface area (Å²) in [6, 6.07) is 8.84. The Morgan fingerprint density at radius 3 is 2.47 bits per heavy atom. The van der Waals surface area contributed by atoms with Gasteiger partial charge in [0.05, 0.1) is 0 Å². The van der Waals surface area contributed by atoms with E-state index in [2.05, 4.69) is 42.9 Å². The molecule has 3 N–H and O–H groups in total. The summed E-state index contributed by atoms with van der Waals surface area (Å²) < 4.78 is 0. The number of nitrogens with one attached hydrogen (secondary N) is 1. The van der Waals surface area contributed by atoms with Crippen molar-refractivity contribution in [3.63, 3.8) is 0 Å². The van der Waals surface area contributed by atoms with Crippen LogP contribution >= 0.6 is 11.8 Å². The van der Waals surface area contributed by atoms with E-state index in [0.29, 0.717) is 0 Å². The summed E-state index contributed by atoms with van der Waals surface area (Å²) in [6.45, 7) is 2.26. The summed E-state index contributed by atoms with van der Waals surface area (Å²) in [5.74, 6) is 5.73. The van der Waals surface area contributed by atoms with Crippen LogP contribution in [0.2, 0.25) is 0 Å². The normalized spacial score (nSPS) is 12.6. The molecule has 0 fully saturated rings. The first kappa shape index (κ1) is 16.5. The average molecular weight is 280 g/mol. The van der Waals surface area contributed by atoms with E-state index in [0.717, 1.165) is 6.42 Å². The molecule has 3 heteroatoms. The zero-order valence-electron chi connectivity index (χ0n) is 12.3. The number of hydrogen-bond acceptors (Lipinski definition) is 3. The van der Waals surface area contributed by atoms with E-state index in [4.69, 9.17) is 5.84 Å². The Morgan fingerprint density at radius 2 is 1.79 bits per heavy atom. The Hall–Kier alpha value is -0.510. The molecule has 0 spiro atoms. The molecule has 1 aromatic carbocycles. The fourth-order valence-corrected chi connectivity index (χ4v) is 3.07. The highest BCUT2D eigenvalue weighted by atomic mass is 32.2. The predicted octanol–water partition coefficient (Wildman–Crippen LogP) is 4.66. The number of hydrogen-bond donors (Lipinski definition) is 2. The highest BCUT2D eigenvalue weighted by Crippen LogP contribution is 2.28. The van der Waals surface area contributed by atoms with Gasteiger partial charge in [-0.3, -0.25) is 11.3 Å². The zero-order chi connectivity index (χ0) is 13.9. The molecule has 0 amide bonds. The predicted molar refractivity (Wildman–Crippen MR) is 86.3 cm³/mol. The Morgan fingerprint density at radius 1 is 1.11 bits per heavy atom. The molecular formula is C16H28N2S. The third-order valence-electron chi connectivity index (χ3n) is 3.56. The molecule has 1 rings (SSSR count). The molecule has 0 aliphatic rings. The maximum atomic E-state index is 5.73. The van der Waals surface area contributed by atoms with E-state index in [1.165, 1.54) is 49.0 Å². The molecule has 1 atom stereocenters. The number of thioether (sulfide) groups is 1. The molecule has 0 heterocycles. The Labute approximate surface area is 122 Å². The molecule has 108 valence electrons. The van der Waals surface area contributed by atoms with Gasteiger partial charge >= 0.3 is 0 Å². The van der Waals surface area contributed by atoms with Crippen LogP contribution in [0.4, 0.5) is 0 Å². The third-order valence-corrected chi connectivity index (χ3v) is 4.37. The van der Waals surface area contributed by atoms with Gasteiger partial charge in [-0.25, -0.2) is 0 Å². The highest BCUT2D eigenvalue weighted by molar-refractivity contribution is 7.98. The minimum atomic E-state index is 0.287. The van der Waals surface area contributed by atoms with E-state index >= 15 is 0 Å². The molecule has 0 saturated heterocycles. The van der Waals surface area contributed by atoms with Crippen LogP contribution < -0.4 is 11.3 Å². The van der Waals surface area contributed by atoms with Crippen molar-refractivity contribution >= 4 is 11.8 Å². The second kappa shape index (κ2) is 10.3. The molecular weight excluding hydrogens is 252 g/mol. The molecule has 0 aromatic heterocycles. The lowest BCUT2D eigenvalue weighted by Gasteiger charge is -2.19. The third kappa shape index (κ3) is 5.98. The SMILES string of the molecule is CCCCCCCCC(NN)c1ccccc1SC. The van der Waals surface area contributed by atoms with Crippen molar-refractivity contribution in [2.24, 2.45) is 5.84 Å². The molecule has 0 aliphatic carbocycles. The second-order valence-corrected chi connectivity index (χ2v) is 5.87. The van der Waals surface area contributed by atoms with Crippen LogP contribution in [0.25, 0.3) is 0 Å². The number of rotatable bonds is 10. The minimum Gasteiger partial charge on any atom is -0.271 e. The van der Waals surface area contributed by atoms with Gasteiger partial charge in [0.15, 0.2) is 0 Å². The standard InChI is InChI=1S/C16H28N2S/c1-3-4-5-6-7-8-12-15(18-17)14-11-9-10-13-16(14)19-2/h9-11,13,15,18H,3-8,12,17H2,1-2H3. The number of nitrogens with two attached hydrogens (primary N) is 1. The maximum Gasteiger partial charge on any atom is 0.0471 e. The fourth-order valence-electron chi connectivity index (χ4n) is 2.41. The van der Waals surface area contributed by atoms with Crippen molar-refractivity contribution in [1.82, 2.24) is 5.43 Å². The monoisotopic (exact) mass is 280 g/mol. The second-order valence-electron chi connectivity index (χ2n) is 5.02. The summed E-state index contributed by atoms with van der Waals surface area (Å²) in [5.41, 5.74) is 4.32. The van der Waals surface area contributed by atoms with Crippen LogP contribution in [-0.4, -0.2) is 6.26 Å². The van der Waals surface area contributed by atoms with Gasteiger partial charge in [0, 0.05) is 10.9 Å². The van der Waals surface area contributed by atoms with Gasteiger partial charge in [0.25, 0.3) is 0 Å². The number of unbranched alkanes of at least 4 members (excludes halogenated alkanes) is 5. The zero-order valence-corrected chi connectivity index (χ0v) is 13.1. The van der Waals surface area contributed by atoms with Gasteiger partial charge in [0.2, 0.25) is 0 Å². The topological polar surface area (TPSA) is 38.0 Å². The van der Waals surface area contributed by atoms with E-state index in [-0.39, 0.29) is 6.04 Å². The van der Waals surface area contributed by atoms with Crippen LogP contribution in [-0.2, 0) is 0 Å². The molecule has 2 nitrogen and oxygen atoms in total. The minimum absolute atomic E-state index is 0.287. The van der Waals surface area contributed by atoms with Crippen LogP contribution in [0.15, 0.2) is 29.2 Å². The van der Waals surface area contributed by atoms with Crippen LogP contribution in [0.3, 0.4) is 0 Å². The van der Waals surface area contributed by atoms with Crippen molar-refractivity contribution < 1.29 is 0 Å². The molecule has 0 bridgehead atoms. The summed E-state index contributed by atoms with van der Waals surface area (Å²) in [7, 11) is 0. The van der Waals surface area contributed by atoms with Crippen molar-refractivity contribution in [2.75, 3.05) is 6.26 Å². The maximum absolute atomic E-state index is 5.73. The number of hydrazine groups is 1. The Bertz CT molecular complexity index is 341. The van der Waals surface area contributed by atoms with E-state index in [1.807, 2.05) is 0 Å². The Kier molecular flexibility index (Phi) is 8.97. The van der Waals surface area contributed by atoms with Crippen LogP contribution in [0, 0.1) is 0 Å². The molecule has 0 radical (unpaired) electrons. The van der Waals surface area contributed by atoms with Gasteiger partial charge in [-0.15, -0.1) is 11.8 Å². The van der Waals surface area contributed by atoms with E-state index < -0.39 is 0 Å². The average Bonchev–Trinajstić information content (AvgIpc) is 2.47. The van der Waals surface area contributed by atoms with E-state index in [9.17, 15) is 0 Å². The molecule has 19 heavy (non-hydrogen) atoms. The van der Waals surface area contributed by atoms with E-state index in [1.54, 1.807) is 11.8 Å². The first-order valence-corrected chi connectivity index (χ1v) is 8.65. The Balaban J connectivity index is 2.40. The van der Waals surface area contributed by atoms with Crippen LogP contribution in [0.1, 0.15) is 63.5 Å². The van der Waals surface area contributed by atoms with Gasteiger partial charge in [0.1, 0.15) is 0 Å². The summed E-state index contributed by atoms with van der Waals surface area (Å²) >= 11 is 1.79. The summed E-state index contributed by atoms with van der Waals surface area (Å²) in [5, 5.41) is 0. The van der Waals surface area contributed by atoms with Crippen molar-refractivity contribution in [1.29, 1.82) is 0 Å². The van der Waals surface area contributed by atoms with Gasteiger partial charge in [-0.2, -0.15) is 0 Å². The van der Waals surface area contributed by atoms with Gasteiger partial charge in [-0.1, -0.05) is 63.6 Å². The van der Waals surface area contributed by atoms with Gasteiger partial charge < -0.3 is 0 Å². The first-order chi connectivity index (χ1) is 9.33. The number of benzene rings is 1. The van der Waals surface area contributed by atoms with Crippen LogP contribution in [0.5, 0.6) is 0 Å². The smallest absolute Gasteiger partial charge is 0.0471 e.